The molecule has 0 aliphatic carbocycles. The Bertz CT molecular complexity index is 891. The van der Waals surface area contributed by atoms with E-state index in [0.717, 1.165) is 30.9 Å². The molecule has 1 aliphatic rings. The molecule has 1 amide bonds. The highest BCUT2D eigenvalue weighted by Crippen LogP contribution is 2.29. The zero-order valence-electron chi connectivity index (χ0n) is 18.2. The molecule has 174 valence electrons. The summed E-state index contributed by atoms with van der Waals surface area (Å²) < 4.78 is 43.1. The molecule has 8 heteroatoms. The lowest BCUT2D eigenvalue weighted by Gasteiger charge is -2.29. The van der Waals surface area contributed by atoms with Crippen molar-refractivity contribution in [3.05, 3.63) is 71.3 Å². The Morgan fingerprint density at radius 1 is 1.16 bits per heavy atom. The van der Waals surface area contributed by atoms with E-state index in [1.807, 2.05) is 12.1 Å². The molecule has 2 unspecified atom stereocenters. The Balaban J connectivity index is 0.000000336. The number of ether oxygens (including phenoxy) is 1. The van der Waals surface area contributed by atoms with Gasteiger partial charge in [0.05, 0.1) is 25.3 Å². The molecule has 4 N–H and O–H groups in total. The van der Waals surface area contributed by atoms with Crippen LogP contribution in [0, 0.1) is 11.8 Å². The van der Waals surface area contributed by atoms with Gasteiger partial charge in [0.15, 0.2) is 0 Å². The first-order valence-corrected chi connectivity index (χ1v) is 10.8. The topological polar surface area (TPSA) is 66.0 Å². The summed E-state index contributed by atoms with van der Waals surface area (Å²) in [6.07, 6.45) is -1.86. The second kappa shape index (κ2) is 12.0. The molecule has 2 aromatic carbocycles. The van der Waals surface area contributed by atoms with Gasteiger partial charge in [-0.1, -0.05) is 38.1 Å². The number of alkyl halides is 4. The predicted molar refractivity (Wildman–Crippen MR) is 121 cm³/mol. The highest BCUT2D eigenvalue weighted by molar-refractivity contribution is 6.21. The number of carbonyl (C=O) groups excluding carboxylic acids is 1. The Hall–Kier alpha value is -2.35. The van der Waals surface area contributed by atoms with Crippen molar-refractivity contribution in [2.24, 2.45) is 11.8 Å². The molecular weight excluding hydrogens is 441 g/mol. The number of hydrogen-bond acceptors (Lipinski definition) is 2. The SMILES string of the molecule is CC1COCC(C)C1Cl.[NH3+]Cc1ccc(NC(=O)C=Cc2cccc(C(F)(F)F)c2)cc1. The number of amides is 1. The van der Waals surface area contributed by atoms with Crippen molar-refractivity contribution in [3.63, 3.8) is 0 Å². The molecule has 1 heterocycles. The molecular formula is C24H29ClF3N2O2+. The lowest BCUT2D eigenvalue weighted by atomic mass is 9.96. The van der Waals surface area contributed by atoms with Gasteiger partial charge in [0, 0.05) is 22.7 Å². The quantitative estimate of drug-likeness (QED) is 0.489. The van der Waals surface area contributed by atoms with Gasteiger partial charge in [-0.25, -0.2) is 0 Å². The molecule has 1 saturated heterocycles. The monoisotopic (exact) mass is 469 g/mol. The van der Waals surface area contributed by atoms with Gasteiger partial charge in [-0.15, -0.1) is 11.6 Å². The lowest BCUT2D eigenvalue weighted by Crippen LogP contribution is -2.47. The molecule has 1 fully saturated rings. The van der Waals surface area contributed by atoms with Crippen LogP contribution < -0.4 is 11.1 Å². The fourth-order valence-corrected chi connectivity index (χ4v) is 3.26. The van der Waals surface area contributed by atoms with E-state index in [0.29, 0.717) is 35.0 Å². The number of carbonyl (C=O) groups is 1. The van der Waals surface area contributed by atoms with Crippen molar-refractivity contribution in [1.29, 1.82) is 0 Å². The van der Waals surface area contributed by atoms with Gasteiger partial charge in [0.25, 0.3) is 0 Å². The molecule has 1 aliphatic heterocycles. The summed E-state index contributed by atoms with van der Waals surface area (Å²) in [6.45, 7) is 6.58. The second-order valence-electron chi connectivity index (χ2n) is 7.83. The molecule has 4 nitrogen and oxygen atoms in total. The van der Waals surface area contributed by atoms with E-state index in [4.69, 9.17) is 16.3 Å². The smallest absolute Gasteiger partial charge is 0.381 e. The van der Waals surface area contributed by atoms with Gasteiger partial charge in [-0.3, -0.25) is 4.79 Å². The Morgan fingerprint density at radius 2 is 1.78 bits per heavy atom. The summed E-state index contributed by atoms with van der Waals surface area (Å²) in [5.74, 6) is 0.635. The third-order valence-electron chi connectivity index (χ3n) is 5.00. The van der Waals surface area contributed by atoms with E-state index < -0.39 is 17.6 Å². The number of hydrogen-bond donors (Lipinski definition) is 2. The van der Waals surface area contributed by atoms with Gasteiger partial charge in [0.1, 0.15) is 0 Å². The first kappa shape index (κ1) is 25.9. The first-order chi connectivity index (χ1) is 15.1. The summed E-state index contributed by atoms with van der Waals surface area (Å²) in [5.41, 5.74) is 4.97. The van der Waals surface area contributed by atoms with E-state index >= 15 is 0 Å². The largest absolute Gasteiger partial charge is 0.416 e. The molecule has 0 radical (unpaired) electrons. The van der Waals surface area contributed by atoms with Crippen LogP contribution in [-0.4, -0.2) is 24.5 Å². The maximum atomic E-state index is 12.6. The van der Waals surface area contributed by atoms with Crippen LogP contribution in [0.15, 0.2) is 54.6 Å². The fourth-order valence-electron chi connectivity index (χ4n) is 3.11. The predicted octanol–water partition coefficient (Wildman–Crippen LogP) is 5.00. The Kier molecular flexibility index (Phi) is 9.75. The minimum absolute atomic E-state index is 0.308. The molecule has 2 atom stereocenters. The summed E-state index contributed by atoms with van der Waals surface area (Å²) >= 11 is 6.04. The van der Waals surface area contributed by atoms with Crippen LogP contribution in [-0.2, 0) is 22.3 Å². The first-order valence-electron chi connectivity index (χ1n) is 10.4. The number of quaternary nitrogens is 1. The van der Waals surface area contributed by atoms with E-state index in [1.54, 1.807) is 12.1 Å². The maximum absolute atomic E-state index is 12.6. The molecule has 2 aromatic rings. The number of halogens is 4. The second-order valence-corrected chi connectivity index (χ2v) is 8.33. The number of benzene rings is 2. The van der Waals surface area contributed by atoms with Crippen LogP contribution in [0.4, 0.5) is 18.9 Å². The van der Waals surface area contributed by atoms with Crippen molar-refractivity contribution in [2.75, 3.05) is 18.5 Å². The van der Waals surface area contributed by atoms with Crippen LogP contribution in [0.1, 0.15) is 30.5 Å². The average molecular weight is 470 g/mol. The number of rotatable bonds is 4. The van der Waals surface area contributed by atoms with Crippen LogP contribution >= 0.6 is 11.6 Å². The molecule has 3 rings (SSSR count). The van der Waals surface area contributed by atoms with Crippen molar-refractivity contribution in [1.82, 2.24) is 0 Å². The van der Waals surface area contributed by atoms with Gasteiger partial charge < -0.3 is 15.8 Å². The Labute approximate surface area is 191 Å². The number of anilines is 1. The van der Waals surface area contributed by atoms with Crippen LogP contribution in [0.25, 0.3) is 6.08 Å². The van der Waals surface area contributed by atoms with Gasteiger partial charge in [-0.2, -0.15) is 13.2 Å². The van der Waals surface area contributed by atoms with Crippen LogP contribution in [0.2, 0.25) is 0 Å². The highest BCUT2D eigenvalue weighted by Gasteiger charge is 2.30. The summed E-state index contributed by atoms with van der Waals surface area (Å²) in [7, 11) is 0. The van der Waals surface area contributed by atoms with Gasteiger partial charge >= 0.3 is 6.18 Å². The van der Waals surface area contributed by atoms with Gasteiger partial charge in [0.2, 0.25) is 5.91 Å². The number of nitrogens with one attached hydrogen (secondary N) is 1. The normalized spacial score (nSPS) is 21.0. The van der Waals surface area contributed by atoms with Crippen molar-refractivity contribution in [2.45, 2.75) is 31.9 Å². The molecule has 32 heavy (non-hydrogen) atoms. The fraction of sp³-hybridized carbons (Fsp3) is 0.375. The third kappa shape index (κ3) is 8.30. The molecule has 0 spiro atoms. The Morgan fingerprint density at radius 3 is 2.31 bits per heavy atom. The maximum Gasteiger partial charge on any atom is 0.416 e. The molecule has 0 aromatic heterocycles. The summed E-state index contributed by atoms with van der Waals surface area (Å²) in [4.78, 5) is 11.8. The van der Waals surface area contributed by atoms with Crippen molar-refractivity contribution in [3.8, 4) is 0 Å². The summed E-state index contributed by atoms with van der Waals surface area (Å²) in [6, 6.07) is 12.0. The van der Waals surface area contributed by atoms with Crippen molar-refractivity contribution >= 4 is 29.3 Å². The minimum atomic E-state index is -4.40. The average Bonchev–Trinajstić information content (AvgIpc) is 2.77. The van der Waals surface area contributed by atoms with Crippen molar-refractivity contribution < 1.29 is 28.4 Å². The van der Waals surface area contributed by atoms with E-state index in [1.165, 1.54) is 24.3 Å². The third-order valence-corrected chi connectivity index (χ3v) is 5.86. The lowest BCUT2D eigenvalue weighted by molar-refractivity contribution is -0.386. The van der Waals surface area contributed by atoms with Gasteiger partial charge in [-0.05, 0) is 47.7 Å². The molecule has 0 saturated carbocycles. The highest BCUT2D eigenvalue weighted by atomic mass is 35.5. The molecule has 0 bridgehead atoms. The van der Waals surface area contributed by atoms with Crippen LogP contribution in [0.5, 0.6) is 0 Å². The zero-order chi connectivity index (χ0) is 23.7. The standard InChI is InChI=1S/C17H15F3N2O.C7H13ClO/c18-17(19,20)14-3-1-2-12(10-14)6-9-16(23)22-15-7-4-13(11-21)5-8-15;1-5-3-9-4-6(2)7(5)8/h1-10H,11,21H2,(H,22,23);5-7H,3-4H2,1-2H3/p+1. The van der Waals surface area contributed by atoms with E-state index in [2.05, 4.69) is 24.9 Å². The van der Waals surface area contributed by atoms with E-state index in [9.17, 15) is 18.0 Å². The zero-order valence-corrected chi connectivity index (χ0v) is 18.9. The minimum Gasteiger partial charge on any atom is -0.381 e. The van der Waals surface area contributed by atoms with Crippen LogP contribution in [0.3, 0.4) is 0 Å². The van der Waals surface area contributed by atoms with E-state index in [-0.39, 0.29) is 0 Å². The summed E-state index contributed by atoms with van der Waals surface area (Å²) in [5, 5.41) is 2.96.